The van der Waals surface area contributed by atoms with E-state index in [2.05, 4.69) is 15.9 Å². The Labute approximate surface area is 160 Å². The number of hydrogen-bond acceptors (Lipinski definition) is 4. The van der Waals surface area contributed by atoms with Crippen molar-refractivity contribution in [3.63, 3.8) is 0 Å². The fraction of sp³-hybridized carbons (Fsp3) is 0.158. The molecule has 0 amide bonds. The molecule has 3 aromatic rings. The van der Waals surface area contributed by atoms with Gasteiger partial charge in [0.2, 0.25) is 0 Å². The third-order valence-electron chi connectivity index (χ3n) is 4.31. The second-order valence-corrected chi connectivity index (χ2v) is 8.83. The second-order valence-electron chi connectivity index (χ2n) is 6.09. The molecule has 134 valence electrons. The number of rotatable bonds is 5. The van der Waals surface area contributed by atoms with Gasteiger partial charge in [0, 0.05) is 9.86 Å². The van der Waals surface area contributed by atoms with E-state index in [1.165, 1.54) is 4.31 Å². The van der Waals surface area contributed by atoms with Crippen LogP contribution in [0.2, 0.25) is 0 Å². The molecule has 0 saturated heterocycles. The SMILES string of the molecule is O=S1(=O)c2cccc3cccc(c23)N1C[C@H](O)COc1ccc(Br)cc1. The molecule has 1 aliphatic heterocycles. The minimum atomic E-state index is -3.67. The average Bonchev–Trinajstić information content (AvgIpc) is 2.85. The third kappa shape index (κ3) is 2.96. The van der Waals surface area contributed by atoms with E-state index < -0.39 is 16.1 Å². The number of sulfonamides is 1. The Morgan fingerprint density at radius 2 is 1.73 bits per heavy atom. The minimum absolute atomic E-state index is 0.0000257. The maximum atomic E-state index is 12.9. The molecule has 1 aliphatic rings. The molecule has 7 heteroatoms. The van der Waals surface area contributed by atoms with Crippen LogP contribution in [0.5, 0.6) is 5.75 Å². The van der Waals surface area contributed by atoms with E-state index in [1.54, 1.807) is 30.3 Å². The molecule has 4 rings (SSSR count). The van der Waals surface area contributed by atoms with Gasteiger partial charge in [-0.15, -0.1) is 0 Å². The summed E-state index contributed by atoms with van der Waals surface area (Å²) in [5, 5.41) is 11.9. The molecule has 3 aromatic carbocycles. The maximum Gasteiger partial charge on any atom is 0.265 e. The summed E-state index contributed by atoms with van der Waals surface area (Å²) in [5.41, 5.74) is 0.598. The van der Waals surface area contributed by atoms with Gasteiger partial charge in [-0.3, -0.25) is 4.31 Å². The smallest absolute Gasteiger partial charge is 0.265 e. The zero-order chi connectivity index (χ0) is 18.3. The van der Waals surface area contributed by atoms with Crippen LogP contribution in [0.4, 0.5) is 5.69 Å². The topological polar surface area (TPSA) is 66.8 Å². The highest BCUT2D eigenvalue weighted by Crippen LogP contribution is 2.41. The van der Waals surface area contributed by atoms with Crippen LogP contribution in [0, 0.1) is 0 Å². The molecular weight excluding hydrogens is 418 g/mol. The fourth-order valence-corrected chi connectivity index (χ4v) is 5.13. The molecule has 0 radical (unpaired) electrons. The molecule has 0 bridgehead atoms. The van der Waals surface area contributed by atoms with Crippen molar-refractivity contribution in [1.29, 1.82) is 0 Å². The van der Waals surface area contributed by atoms with Crippen molar-refractivity contribution in [2.45, 2.75) is 11.0 Å². The van der Waals surface area contributed by atoms with Crippen molar-refractivity contribution in [2.24, 2.45) is 0 Å². The quantitative estimate of drug-likeness (QED) is 0.667. The second kappa shape index (κ2) is 6.57. The van der Waals surface area contributed by atoms with Crippen LogP contribution >= 0.6 is 15.9 Å². The molecule has 1 atom stereocenters. The average molecular weight is 434 g/mol. The Balaban J connectivity index is 1.55. The number of benzene rings is 3. The Hall–Kier alpha value is -2.09. The maximum absolute atomic E-state index is 12.9. The first-order chi connectivity index (χ1) is 12.5. The number of aliphatic hydroxyl groups is 1. The van der Waals surface area contributed by atoms with Gasteiger partial charge in [0.15, 0.2) is 0 Å². The van der Waals surface area contributed by atoms with Gasteiger partial charge in [-0.2, -0.15) is 0 Å². The summed E-state index contributed by atoms with van der Waals surface area (Å²) < 4.78 is 33.5. The highest BCUT2D eigenvalue weighted by atomic mass is 79.9. The van der Waals surface area contributed by atoms with Crippen molar-refractivity contribution in [2.75, 3.05) is 17.5 Å². The zero-order valence-electron chi connectivity index (χ0n) is 13.7. The summed E-state index contributed by atoms with van der Waals surface area (Å²) in [6, 6.07) is 17.9. The first kappa shape index (κ1) is 17.3. The molecular formula is C19H16BrNO4S. The third-order valence-corrected chi connectivity index (χ3v) is 6.66. The molecule has 0 aromatic heterocycles. The summed E-state index contributed by atoms with van der Waals surface area (Å²) in [7, 11) is -3.67. The summed E-state index contributed by atoms with van der Waals surface area (Å²) >= 11 is 3.35. The number of hydrogen-bond donors (Lipinski definition) is 1. The number of anilines is 1. The Bertz CT molecular complexity index is 1060. The van der Waals surface area contributed by atoms with E-state index in [0.29, 0.717) is 16.8 Å². The summed E-state index contributed by atoms with van der Waals surface area (Å²) in [6.45, 7) is -0.0629. The van der Waals surface area contributed by atoms with Gasteiger partial charge in [-0.1, -0.05) is 40.2 Å². The number of halogens is 1. The molecule has 5 nitrogen and oxygen atoms in total. The monoisotopic (exact) mass is 433 g/mol. The van der Waals surface area contributed by atoms with E-state index in [0.717, 1.165) is 9.86 Å². The molecule has 0 unspecified atom stereocenters. The van der Waals surface area contributed by atoms with Gasteiger partial charge in [-0.05, 0) is 41.8 Å². The predicted octanol–water partition coefficient (Wildman–Crippen LogP) is 3.55. The van der Waals surface area contributed by atoms with Gasteiger partial charge in [0.05, 0.1) is 17.1 Å². The minimum Gasteiger partial charge on any atom is -0.491 e. The van der Waals surface area contributed by atoms with Crippen LogP contribution in [-0.2, 0) is 10.0 Å². The Kier molecular flexibility index (Phi) is 4.38. The Morgan fingerprint density at radius 1 is 1.04 bits per heavy atom. The lowest BCUT2D eigenvalue weighted by Gasteiger charge is -2.22. The normalized spacial score (nSPS) is 16.0. The molecule has 26 heavy (non-hydrogen) atoms. The largest absolute Gasteiger partial charge is 0.491 e. The lowest BCUT2D eigenvalue weighted by Crippen LogP contribution is -2.37. The van der Waals surface area contributed by atoms with Gasteiger partial charge in [0.25, 0.3) is 10.0 Å². The zero-order valence-corrected chi connectivity index (χ0v) is 16.1. The van der Waals surface area contributed by atoms with E-state index >= 15 is 0 Å². The van der Waals surface area contributed by atoms with Crippen molar-refractivity contribution >= 4 is 42.4 Å². The van der Waals surface area contributed by atoms with Crippen LogP contribution in [0.1, 0.15) is 0 Å². The van der Waals surface area contributed by atoms with Gasteiger partial charge >= 0.3 is 0 Å². The van der Waals surface area contributed by atoms with E-state index in [9.17, 15) is 13.5 Å². The molecule has 0 aliphatic carbocycles. The number of nitrogens with zero attached hydrogens (tertiary/aromatic N) is 1. The van der Waals surface area contributed by atoms with Crippen LogP contribution in [0.3, 0.4) is 0 Å². The lowest BCUT2D eigenvalue weighted by molar-refractivity contribution is 0.115. The molecule has 1 N–H and O–H groups in total. The molecule has 0 fully saturated rings. The van der Waals surface area contributed by atoms with E-state index in [-0.39, 0.29) is 18.0 Å². The molecule has 0 saturated carbocycles. The first-order valence-corrected chi connectivity index (χ1v) is 10.3. The predicted molar refractivity (Wildman–Crippen MR) is 104 cm³/mol. The number of β-amino-alcohol motifs (C(OH)–C–C–N with tert-alkyl or cyclic N) is 1. The van der Waals surface area contributed by atoms with Crippen LogP contribution in [-0.4, -0.2) is 32.8 Å². The summed E-state index contributed by atoms with van der Waals surface area (Å²) in [5.74, 6) is 0.613. The van der Waals surface area contributed by atoms with Crippen LogP contribution < -0.4 is 9.04 Å². The highest BCUT2D eigenvalue weighted by molar-refractivity contribution is 9.10. The van der Waals surface area contributed by atoms with Gasteiger partial charge < -0.3 is 9.84 Å². The number of ether oxygens (including phenoxy) is 1. The van der Waals surface area contributed by atoms with Gasteiger partial charge in [0.1, 0.15) is 18.5 Å². The van der Waals surface area contributed by atoms with Crippen LogP contribution in [0.25, 0.3) is 10.8 Å². The molecule has 0 spiro atoms. The van der Waals surface area contributed by atoms with Crippen molar-refractivity contribution in [1.82, 2.24) is 0 Å². The van der Waals surface area contributed by atoms with Crippen molar-refractivity contribution < 1.29 is 18.3 Å². The number of aliphatic hydroxyl groups excluding tert-OH is 1. The van der Waals surface area contributed by atoms with Crippen molar-refractivity contribution in [3.05, 3.63) is 65.1 Å². The van der Waals surface area contributed by atoms with E-state index in [1.807, 2.05) is 30.3 Å². The van der Waals surface area contributed by atoms with E-state index in [4.69, 9.17) is 4.74 Å². The first-order valence-electron chi connectivity index (χ1n) is 8.08. The summed E-state index contributed by atoms with van der Waals surface area (Å²) in [6.07, 6.45) is -0.960. The standard InChI is InChI=1S/C19H16BrNO4S/c20-14-7-9-16(10-8-14)25-12-15(22)11-21-17-5-1-3-13-4-2-6-18(19(13)17)26(21,23)24/h1-10,15,22H,11-12H2/t15-/m0/s1. The molecule has 1 heterocycles. The van der Waals surface area contributed by atoms with Gasteiger partial charge in [-0.25, -0.2) is 8.42 Å². The summed E-state index contributed by atoms with van der Waals surface area (Å²) in [4.78, 5) is 0.284. The van der Waals surface area contributed by atoms with Crippen molar-refractivity contribution in [3.8, 4) is 5.75 Å². The van der Waals surface area contributed by atoms with Crippen LogP contribution in [0.15, 0.2) is 70.0 Å². The fourth-order valence-electron chi connectivity index (χ4n) is 3.12. The Morgan fingerprint density at radius 3 is 2.46 bits per heavy atom. The lowest BCUT2D eigenvalue weighted by atomic mass is 10.1. The highest BCUT2D eigenvalue weighted by Gasteiger charge is 2.36.